The molecule has 0 radical (unpaired) electrons. The number of carboxylic acid groups (broad SMARTS) is 1. The van der Waals surface area contributed by atoms with Gasteiger partial charge >= 0.3 is 5.97 Å². The average Bonchev–Trinajstić information content (AvgIpc) is 3.43. The van der Waals surface area contributed by atoms with Crippen molar-refractivity contribution in [3.8, 4) is 16.5 Å². The number of benzene rings is 1. The van der Waals surface area contributed by atoms with Gasteiger partial charge in [0.2, 0.25) is 5.89 Å². The summed E-state index contributed by atoms with van der Waals surface area (Å²) in [5.74, 6) is 1.97. The van der Waals surface area contributed by atoms with Crippen LogP contribution in [0.1, 0.15) is 22.4 Å². The largest absolute Gasteiger partial charge is 0.493 e. The molecular formula is C20H20N2O4S2. The van der Waals surface area contributed by atoms with E-state index in [0.29, 0.717) is 24.7 Å². The Hall–Kier alpha value is -2.29. The normalized spacial score (nSPS) is 19.0. The van der Waals surface area contributed by atoms with Crippen molar-refractivity contribution in [2.75, 3.05) is 12.4 Å². The molecule has 28 heavy (non-hydrogen) atoms. The summed E-state index contributed by atoms with van der Waals surface area (Å²) in [6.45, 7) is 2.41. The molecule has 2 atom stereocenters. The Kier molecular flexibility index (Phi) is 5.70. The summed E-state index contributed by atoms with van der Waals surface area (Å²) < 4.78 is 11.7. The first-order valence-corrected chi connectivity index (χ1v) is 10.9. The molecule has 0 bridgehead atoms. The van der Waals surface area contributed by atoms with Crippen molar-refractivity contribution in [2.45, 2.75) is 24.8 Å². The van der Waals surface area contributed by atoms with Crippen LogP contribution < -0.4 is 10.1 Å². The van der Waals surface area contributed by atoms with Crippen molar-refractivity contribution in [3.05, 3.63) is 58.8 Å². The Bertz CT molecular complexity index is 955. The highest BCUT2D eigenvalue weighted by atomic mass is 32.2. The summed E-state index contributed by atoms with van der Waals surface area (Å²) in [5, 5.41) is 14.2. The summed E-state index contributed by atoms with van der Waals surface area (Å²) in [4.78, 5) is 16.7. The van der Waals surface area contributed by atoms with Gasteiger partial charge in [0, 0.05) is 12.2 Å². The van der Waals surface area contributed by atoms with Gasteiger partial charge in [0.15, 0.2) is 0 Å². The number of hydrogen-bond donors (Lipinski definition) is 2. The van der Waals surface area contributed by atoms with Crippen LogP contribution in [0.15, 0.2) is 46.2 Å². The summed E-state index contributed by atoms with van der Waals surface area (Å²) in [6, 6.07) is 11.2. The van der Waals surface area contributed by atoms with Crippen molar-refractivity contribution in [1.82, 2.24) is 10.3 Å². The van der Waals surface area contributed by atoms with Crippen LogP contribution in [0.3, 0.4) is 0 Å². The van der Waals surface area contributed by atoms with Gasteiger partial charge in [-0.3, -0.25) is 10.1 Å². The molecule has 1 aliphatic heterocycles. The number of rotatable bonds is 7. The number of thiophene rings is 1. The molecule has 8 heteroatoms. The third kappa shape index (κ3) is 4.24. The zero-order chi connectivity index (χ0) is 19.5. The fourth-order valence-corrected chi connectivity index (χ4v) is 4.88. The third-order valence-electron chi connectivity index (χ3n) is 4.47. The Labute approximate surface area is 170 Å². The highest BCUT2D eigenvalue weighted by molar-refractivity contribution is 7.99. The minimum atomic E-state index is -0.813. The molecular weight excluding hydrogens is 396 g/mol. The number of aliphatic carboxylic acids is 1. The number of aryl methyl sites for hydroxylation is 1. The lowest BCUT2D eigenvalue weighted by molar-refractivity contribution is -0.138. The zero-order valence-corrected chi connectivity index (χ0v) is 16.9. The fraction of sp³-hybridized carbons (Fsp3) is 0.300. The van der Waals surface area contributed by atoms with E-state index in [0.717, 1.165) is 27.6 Å². The zero-order valence-electron chi connectivity index (χ0n) is 15.3. The number of aromatic nitrogens is 1. The monoisotopic (exact) mass is 416 g/mol. The molecule has 2 N–H and O–H groups in total. The first kappa shape index (κ1) is 19.0. The standard InChI is InChI=1S/C20H20N2O4S2/c1-12-15(21-18(26-12)17-6-3-9-27-17)7-8-25-14-5-2-4-13(10-14)19-22-16(11-28-19)20(23)24/h2-6,9-10,16,19,22H,7-8,11H2,1H3,(H,23,24)/t16-,19?/m0/s1. The lowest BCUT2D eigenvalue weighted by Crippen LogP contribution is -2.33. The second kappa shape index (κ2) is 8.38. The van der Waals surface area contributed by atoms with Crippen LogP contribution >= 0.6 is 23.1 Å². The molecule has 3 heterocycles. The van der Waals surface area contributed by atoms with Gasteiger partial charge < -0.3 is 14.3 Å². The van der Waals surface area contributed by atoms with Gasteiger partial charge in [0.05, 0.1) is 22.6 Å². The number of carbonyl (C=O) groups is 1. The SMILES string of the molecule is Cc1oc(-c2cccs2)nc1CCOc1cccc(C2N[C@H](C(=O)O)CS2)c1. The van der Waals surface area contributed by atoms with E-state index < -0.39 is 12.0 Å². The summed E-state index contributed by atoms with van der Waals surface area (Å²) in [7, 11) is 0. The summed E-state index contributed by atoms with van der Waals surface area (Å²) in [5.41, 5.74) is 1.92. The second-order valence-electron chi connectivity index (χ2n) is 6.44. The van der Waals surface area contributed by atoms with E-state index in [4.69, 9.17) is 14.3 Å². The number of thioether (sulfide) groups is 1. The molecule has 0 amide bonds. The van der Waals surface area contributed by atoms with E-state index in [-0.39, 0.29) is 5.37 Å². The fourth-order valence-electron chi connectivity index (χ4n) is 3.01. The van der Waals surface area contributed by atoms with Crippen LogP contribution in [-0.2, 0) is 11.2 Å². The van der Waals surface area contributed by atoms with E-state index in [1.807, 2.05) is 48.7 Å². The Morgan fingerprint density at radius 3 is 3.04 bits per heavy atom. The number of carboxylic acids is 1. The molecule has 0 saturated carbocycles. The minimum Gasteiger partial charge on any atom is -0.493 e. The molecule has 4 rings (SSSR count). The third-order valence-corrected chi connectivity index (χ3v) is 6.60. The summed E-state index contributed by atoms with van der Waals surface area (Å²) >= 11 is 3.20. The highest BCUT2D eigenvalue weighted by Gasteiger charge is 2.30. The number of ether oxygens (including phenoxy) is 1. The molecule has 1 aromatic carbocycles. The predicted molar refractivity (Wildman–Crippen MR) is 110 cm³/mol. The van der Waals surface area contributed by atoms with Gasteiger partial charge in [0.25, 0.3) is 0 Å². The quantitative estimate of drug-likeness (QED) is 0.599. The van der Waals surface area contributed by atoms with E-state index in [1.165, 1.54) is 0 Å². The van der Waals surface area contributed by atoms with Gasteiger partial charge in [-0.1, -0.05) is 18.2 Å². The lowest BCUT2D eigenvalue weighted by atomic mass is 10.2. The Morgan fingerprint density at radius 2 is 2.29 bits per heavy atom. The van der Waals surface area contributed by atoms with Crippen molar-refractivity contribution in [3.63, 3.8) is 0 Å². The molecule has 1 unspecified atom stereocenters. The van der Waals surface area contributed by atoms with E-state index in [2.05, 4.69) is 10.3 Å². The number of hydrogen-bond acceptors (Lipinski definition) is 7. The average molecular weight is 417 g/mol. The first-order valence-electron chi connectivity index (χ1n) is 8.93. The molecule has 3 aromatic rings. The molecule has 6 nitrogen and oxygen atoms in total. The van der Waals surface area contributed by atoms with E-state index >= 15 is 0 Å². The smallest absolute Gasteiger partial charge is 0.321 e. The number of oxazole rings is 1. The van der Waals surface area contributed by atoms with Crippen LogP contribution in [-0.4, -0.2) is 34.5 Å². The lowest BCUT2D eigenvalue weighted by Gasteiger charge is -2.13. The molecule has 1 aliphatic rings. The number of nitrogens with zero attached hydrogens (tertiary/aromatic N) is 1. The van der Waals surface area contributed by atoms with Crippen molar-refractivity contribution < 1.29 is 19.1 Å². The molecule has 0 aliphatic carbocycles. The predicted octanol–water partition coefficient (Wildman–Crippen LogP) is 4.12. The molecule has 1 fully saturated rings. The van der Waals surface area contributed by atoms with Gasteiger partial charge in [0.1, 0.15) is 17.6 Å². The Balaban J connectivity index is 1.35. The van der Waals surface area contributed by atoms with Crippen LogP contribution in [0.5, 0.6) is 5.75 Å². The Morgan fingerprint density at radius 1 is 1.39 bits per heavy atom. The van der Waals surface area contributed by atoms with E-state index in [1.54, 1.807) is 23.1 Å². The van der Waals surface area contributed by atoms with Gasteiger partial charge in [-0.25, -0.2) is 4.98 Å². The molecule has 1 saturated heterocycles. The minimum absolute atomic E-state index is 0.0317. The maximum atomic E-state index is 11.1. The van der Waals surface area contributed by atoms with Crippen LogP contribution in [0.25, 0.3) is 10.8 Å². The van der Waals surface area contributed by atoms with Crippen molar-refractivity contribution in [1.29, 1.82) is 0 Å². The topological polar surface area (TPSA) is 84.6 Å². The summed E-state index contributed by atoms with van der Waals surface area (Å²) in [6.07, 6.45) is 0.655. The number of nitrogens with one attached hydrogen (secondary N) is 1. The maximum Gasteiger partial charge on any atom is 0.321 e. The molecule has 2 aromatic heterocycles. The van der Waals surface area contributed by atoms with Gasteiger partial charge in [-0.2, -0.15) is 0 Å². The maximum absolute atomic E-state index is 11.1. The second-order valence-corrected chi connectivity index (χ2v) is 8.53. The molecule has 146 valence electrons. The van der Waals surface area contributed by atoms with Crippen molar-refractivity contribution in [2.24, 2.45) is 0 Å². The van der Waals surface area contributed by atoms with Crippen molar-refractivity contribution >= 4 is 29.1 Å². The van der Waals surface area contributed by atoms with Crippen LogP contribution in [0.2, 0.25) is 0 Å². The first-order chi connectivity index (χ1) is 13.6. The molecule has 0 spiro atoms. The van der Waals surface area contributed by atoms with E-state index in [9.17, 15) is 4.79 Å². The van der Waals surface area contributed by atoms with Gasteiger partial charge in [-0.05, 0) is 36.1 Å². The van der Waals surface area contributed by atoms with Gasteiger partial charge in [-0.15, -0.1) is 23.1 Å². The van der Waals surface area contributed by atoms with Crippen LogP contribution in [0.4, 0.5) is 0 Å². The highest BCUT2D eigenvalue weighted by Crippen LogP contribution is 2.34. The van der Waals surface area contributed by atoms with Crippen LogP contribution in [0, 0.1) is 6.92 Å².